The molecule has 0 spiro atoms. The number of amides is 1. The highest BCUT2D eigenvalue weighted by atomic mass is 32.2. The number of anilines is 2. The minimum absolute atomic E-state index is 0.0394. The zero-order chi connectivity index (χ0) is 19.5. The Hall–Kier alpha value is -2.38. The summed E-state index contributed by atoms with van der Waals surface area (Å²) in [5, 5.41) is 15.3. The second-order valence-electron chi connectivity index (χ2n) is 6.99. The normalized spacial score (nSPS) is 14.5. The Bertz CT molecular complexity index is 970. The minimum atomic E-state index is -0.329. The molecule has 1 aromatic heterocycles. The maximum Gasteiger partial charge on any atom is 0.238 e. The van der Waals surface area contributed by atoms with Crippen LogP contribution in [0.2, 0.25) is 0 Å². The van der Waals surface area contributed by atoms with Crippen LogP contribution in [0.4, 0.5) is 10.8 Å². The summed E-state index contributed by atoms with van der Waals surface area (Å²) in [4.78, 5) is 12.8. The van der Waals surface area contributed by atoms with Crippen molar-refractivity contribution in [1.29, 1.82) is 0 Å². The van der Waals surface area contributed by atoms with Crippen molar-refractivity contribution in [2.75, 3.05) is 5.32 Å². The van der Waals surface area contributed by atoms with Crippen molar-refractivity contribution >= 4 is 39.8 Å². The number of nitrogens with one attached hydrogen (secondary N) is 2. The van der Waals surface area contributed by atoms with Gasteiger partial charge in [-0.05, 0) is 55.5 Å². The molecule has 1 amide bonds. The van der Waals surface area contributed by atoms with Gasteiger partial charge in [-0.3, -0.25) is 4.79 Å². The summed E-state index contributed by atoms with van der Waals surface area (Å²) in [5.74, 6) is 0.0394. The van der Waals surface area contributed by atoms with E-state index < -0.39 is 0 Å². The Morgan fingerprint density at radius 2 is 1.89 bits per heavy atom. The Morgan fingerprint density at radius 3 is 2.61 bits per heavy atom. The fourth-order valence-corrected chi connectivity index (χ4v) is 4.73. The van der Waals surface area contributed by atoms with Crippen LogP contribution in [0.25, 0.3) is 0 Å². The summed E-state index contributed by atoms with van der Waals surface area (Å²) in [6, 6.07) is 16.4. The van der Waals surface area contributed by atoms with Crippen LogP contribution in [0.3, 0.4) is 0 Å². The van der Waals surface area contributed by atoms with Gasteiger partial charge in [0, 0.05) is 11.7 Å². The molecular formula is C21H22N4OS2. The number of aromatic nitrogens is 2. The molecule has 144 valence electrons. The van der Waals surface area contributed by atoms with Gasteiger partial charge in [-0.1, -0.05) is 59.5 Å². The van der Waals surface area contributed by atoms with Gasteiger partial charge >= 0.3 is 0 Å². The Kier molecular flexibility index (Phi) is 5.64. The fourth-order valence-electron chi connectivity index (χ4n) is 2.76. The molecule has 5 nitrogen and oxygen atoms in total. The van der Waals surface area contributed by atoms with E-state index in [2.05, 4.69) is 46.8 Å². The van der Waals surface area contributed by atoms with Crippen molar-refractivity contribution in [2.24, 2.45) is 0 Å². The van der Waals surface area contributed by atoms with Gasteiger partial charge in [-0.25, -0.2) is 0 Å². The number of thioether (sulfide) groups is 1. The summed E-state index contributed by atoms with van der Waals surface area (Å²) in [5.41, 5.74) is 4.45. The number of carbonyl (C=O) groups excluding carboxylic acids is 1. The van der Waals surface area contributed by atoms with E-state index in [0.29, 0.717) is 6.04 Å². The number of carbonyl (C=O) groups is 1. The van der Waals surface area contributed by atoms with Crippen molar-refractivity contribution in [3.63, 3.8) is 0 Å². The predicted molar refractivity (Wildman–Crippen MR) is 115 cm³/mol. The molecule has 1 aliphatic carbocycles. The third-order valence-electron chi connectivity index (χ3n) is 4.65. The number of hydrogen-bond donors (Lipinski definition) is 2. The SMILES string of the molecule is Cc1ccc(Nc2nnc(S[C@H](C(=O)NC3CC3)c3ccccc3)s2)cc1C. The van der Waals surface area contributed by atoms with E-state index in [9.17, 15) is 4.79 Å². The first-order valence-electron chi connectivity index (χ1n) is 9.28. The summed E-state index contributed by atoms with van der Waals surface area (Å²) in [7, 11) is 0. The number of hydrogen-bond acceptors (Lipinski definition) is 6. The van der Waals surface area contributed by atoms with Crippen molar-refractivity contribution in [3.8, 4) is 0 Å². The second kappa shape index (κ2) is 8.32. The second-order valence-corrected chi connectivity index (χ2v) is 9.32. The zero-order valence-electron chi connectivity index (χ0n) is 15.8. The van der Waals surface area contributed by atoms with Crippen LogP contribution >= 0.6 is 23.1 Å². The lowest BCUT2D eigenvalue weighted by Gasteiger charge is -2.15. The van der Waals surface area contributed by atoms with Crippen LogP contribution in [0, 0.1) is 13.8 Å². The third-order valence-corrected chi connectivity index (χ3v) is 6.82. The number of nitrogens with zero attached hydrogens (tertiary/aromatic N) is 2. The molecule has 0 unspecified atom stereocenters. The summed E-state index contributed by atoms with van der Waals surface area (Å²) in [6.07, 6.45) is 2.14. The van der Waals surface area contributed by atoms with Crippen molar-refractivity contribution in [2.45, 2.75) is 42.3 Å². The lowest BCUT2D eigenvalue weighted by molar-refractivity contribution is -0.120. The first kappa shape index (κ1) is 19.0. The standard InChI is InChI=1S/C21H22N4OS2/c1-13-8-9-17(12-14(13)2)23-20-24-25-21(28-20)27-18(15-6-4-3-5-7-15)19(26)22-16-10-11-16/h3-9,12,16,18H,10-11H2,1-2H3,(H,22,26)(H,23,24)/t18-/m0/s1. The van der Waals surface area contributed by atoms with Crippen LogP contribution in [0.5, 0.6) is 0 Å². The van der Waals surface area contributed by atoms with Gasteiger partial charge in [0.25, 0.3) is 0 Å². The molecule has 1 heterocycles. The smallest absolute Gasteiger partial charge is 0.238 e. The molecule has 4 rings (SSSR count). The fraction of sp³-hybridized carbons (Fsp3) is 0.286. The van der Waals surface area contributed by atoms with Gasteiger partial charge in [0.15, 0.2) is 4.34 Å². The van der Waals surface area contributed by atoms with Crippen LogP contribution in [-0.2, 0) is 4.79 Å². The van der Waals surface area contributed by atoms with E-state index in [0.717, 1.165) is 33.6 Å². The van der Waals surface area contributed by atoms with Crippen molar-refractivity contribution in [3.05, 3.63) is 65.2 Å². The monoisotopic (exact) mass is 410 g/mol. The topological polar surface area (TPSA) is 66.9 Å². The molecule has 3 aromatic rings. The zero-order valence-corrected chi connectivity index (χ0v) is 17.4. The first-order chi connectivity index (χ1) is 13.6. The largest absolute Gasteiger partial charge is 0.352 e. The molecule has 1 fully saturated rings. The van der Waals surface area contributed by atoms with E-state index >= 15 is 0 Å². The van der Waals surface area contributed by atoms with Crippen LogP contribution in [0.1, 0.15) is 34.8 Å². The van der Waals surface area contributed by atoms with E-state index in [1.54, 1.807) is 0 Å². The highest BCUT2D eigenvalue weighted by Gasteiger charge is 2.29. The van der Waals surface area contributed by atoms with Gasteiger partial charge in [0.2, 0.25) is 11.0 Å². The highest BCUT2D eigenvalue weighted by Crippen LogP contribution is 2.39. The molecule has 2 aromatic carbocycles. The van der Waals surface area contributed by atoms with Crippen LogP contribution in [-0.4, -0.2) is 22.1 Å². The molecule has 0 bridgehead atoms. The molecule has 0 radical (unpaired) electrons. The van der Waals surface area contributed by atoms with Gasteiger partial charge in [0.05, 0.1) is 0 Å². The Morgan fingerprint density at radius 1 is 1.11 bits per heavy atom. The summed E-state index contributed by atoms with van der Waals surface area (Å²) < 4.78 is 0.770. The molecule has 1 saturated carbocycles. The molecule has 0 saturated heterocycles. The van der Waals surface area contributed by atoms with Gasteiger partial charge in [-0.15, -0.1) is 10.2 Å². The quantitative estimate of drug-likeness (QED) is 0.536. The molecule has 7 heteroatoms. The predicted octanol–water partition coefficient (Wildman–Crippen LogP) is 5.01. The maximum absolute atomic E-state index is 12.8. The molecule has 1 aliphatic rings. The van der Waals surface area contributed by atoms with E-state index in [-0.39, 0.29) is 11.2 Å². The lowest BCUT2D eigenvalue weighted by Crippen LogP contribution is -2.29. The molecular weight excluding hydrogens is 388 g/mol. The molecule has 2 N–H and O–H groups in total. The van der Waals surface area contributed by atoms with Gasteiger partial charge < -0.3 is 10.6 Å². The lowest BCUT2D eigenvalue weighted by atomic mass is 10.1. The van der Waals surface area contributed by atoms with Crippen molar-refractivity contribution < 1.29 is 4.79 Å². The van der Waals surface area contributed by atoms with Crippen LogP contribution < -0.4 is 10.6 Å². The third kappa shape index (κ3) is 4.72. The number of aryl methyl sites for hydroxylation is 2. The maximum atomic E-state index is 12.8. The minimum Gasteiger partial charge on any atom is -0.352 e. The average Bonchev–Trinajstić information content (AvgIpc) is 3.40. The average molecular weight is 411 g/mol. The summed E-state index contributed by atoms with van der Waals surface area (Å²) >= 11 is 2.91. The molecule has 0 aliphatic heterocycles. The Balaban J connectivity index is 1.49. The number of benzene rings is 2. The van der Waals surface area contributed by atoms with Crippen molar-refractivity contribution in [1.82, 2.24) is 15.5 Å². The Labute approximate surface area is 173 Å². The molecule has 1 atom stereocenters. The summed E-state index contributed by atoms with van der Waals surface area (Å²) in [6.45, 7) is 4.18. The van der Waals surface area contributed by atoms with Crippen LogP contribution in [0.15, 0.2) is 52.9 Å². The molecule has 28 heavy (non-hydrogen) atoms. The van der Waals surface area contributed by atoms with Gasteiger partial charge in [0.1, 0.15) is 5.25 Å². The first-order valence-corrected chi connectivity index (χ1v) is 11.0. The van der Waals surface area contributed by atoms with E-state index in [1.165, 1.54) is 34.2 Å². The van der Waals surface area contributed by atoms with E-state index in [4.69, 9.17) is 0 Å². The highest BCUT2D eigenvalue weighted by molar-refractivity contribution is 8.01. The number of rotatable bonds is 7. The van der Waals surface area contributed by atoms with Gasteiger partial charge in [-0.2, -0.15) is 0 Å². The van der Waals surface area contributed by atoms with E-state index in [1.807, 2.05) is 36.4 Å².